The van der Waals surface area contributed by atoms with Crippen molar-refractivity contribution in [1.82, 2.24) is 4.90 Å². The first-order valence-corrected chi connectivity index (χ1v) is 8.77. The van der Waals surface area contributed by atoms with Gasteiger partial charge >= 0.3 is 6.09 Å². The van der Waals surface area contributed by atoms with Crippen molar-refractivity contribution < 1.29 is 19.1 Å². The van der Waals surface area contributed by atoms with Gasteiger partial charge in [-0.15, -0.1) is 0 Å². The fraction of sp³-hybridized carbons (Fsp3) is 0.550. The Balaban J connectivity index is 2.04. The molecule has 0 spiro atoms. The summed E-state index contributed by atoms with van der Waals surface area (Å²) in [6.45, 7) is 13.5. The summed E-state index contributed by atoms with van der Waals surface area (Å²) in [5, 5.41) is 0. The van der Waals surface area contributed by atoms with Gasteiger partial charge in [0.25, 0.3) is 6.54 Å². The van der Waals surface area contributed by atoms with Gasteiger partial charge in [-0.05, 0) is 57.2 Å². The van der Waals surface area contributed by atoms with Crippen LogP contribution in [0.4, 0.5) is 4.79 Å². The van der Waals surface area contributed by atoms with Crippen LogP contribution in [0.1, 0.15) is 55.5 Å². The summed E-state index contributed by atoms with van der Waals surface area (Å²) in [5.41, 5.74) is 1.04. The molecular weight excluding hydrogens is 332 g/mol. The quantitative estimate of drug-likeness (QED) is 0.605. The van der Waals surface area contributed by atoms with Gasteiger partial charge in [-0.2, -0.15) is 0 Å². The summed E-state index contributed by atoms with van der Waals surface area (Å²) in [6.07, 6.45) is 1.39. The number of piperidine rings is 1. The predicted octanol–water partition coefficient (Wildman–Crippen LogP) is 3.91. The molecule has 0 atom stereocenters. The fourth-order valence-corrected chi connectivity index (χ4v) is 3.07. The van der Waals surface area contributed by atoms with E-state index in [1.165, 1.54) is 7.11 Å². The van der Waals surface area contributed by atoms with Gasteiger partial charge in [-0.3, -0.25) is 4.79 Å². The van der Waals surface area contributed by atoms with Crippen molar-refractivity contribution in [2.75, 3.05) is 26.7 Å². The highest BCUT2D eigenvalue weighted by Gasteiger charge is 2.28. The number of hydrogen-bond acceptors (Lipinski definition) is 4. The van der Waals surface area contributed by atoms with E-state index < -0.39 is 5.60 Å². The molecule has 0 N–H and O–H groups in total. The molecule has 1 aromatic rings. The van der Waals surface area contributed by atoms with E-state index >= 15 is 0 Å². The van der Waals surface area contributed by atoms with Crippen molar-refractivity contribution in [2.24, 2.45) is 0 Å². The lowest BCUT2D eigenvalue weighted by Gasteiger charge is -2.33. The number of nitrogens with zero attached hydrogens (tertiary/aromatic N) is 2. The van der Waals surface area contributed by atoms with Crippen LogP contribution in [-0.2, 0) is 4.74 Å². The molecule has 1 amide bonds. The average Bonchev–Trinajstić information content (AvgIpc) is 2.60. The second kappa shape index (κ2) is 8.22. The number of benzene rings is 1. The first-order valence-electron chi connectivity index (χ1n) is 8.77. The van der Waals surface area contributed by atoms with E-state index in [2.05, 4.69) is 4.85 Å². The topological polar surface area (TPSA) is 60.2 Å². The first-order chi connectivity index (χ1) is 12.2. The van der Waals surface area contributed by atoms with Gasteiger partial charge in [0.05, 0.1) is 12.7 Å². The molecule has 0 radical (unpaired) electrons. The third-order valence-corrected chi connectivity index (χ3v) is 4.37. The Kier molecular flexibility index (Phi) is 6.25. The minimum atomic E-state index is -0.491. The molecule has 1 aromatic carbocycles. The van der Waals surface area contributed by atoms with Crippen LogP contribution in [0.2, 0.25) is 0 Å². The monoisotopic (exact) mass is 358 g/mol. The van der Waals surface area contributed by atoms with Gasteiger partial charge in [0, 0.05) is 13.1 Å². The SMILES string of the molecule is [C-]#[N+]CC(=O)c1ccc(C2CCN(C(=O)OC(C)(C)C)CC2)cc1OC. The largest absolute Gasteiger partial charge is 0.496 e. The van der Waals surface area contributed by atoms with E-state index in [0.717, 1.165) is 18.4 Å². The normalized spacial score (nSPS) is 15.3. The van der Waals surface area contributed by atoms with Crippen LogP contribution in [0, 0.1) is 6.57 Å². The first kappa shape index (κ1) is 19.8. The number of methoxy groups -OCH3 is 1. The molecule has 0 aliphatic carbocycles. The lowest BCUT2D eigenvalue weighted by atomic mass is 9.88. The van der Waals surface area contributed by atoms with Crippen LogP contribution in [0.5, 0.6) is 5.75 Å². The molecule has 1 aliphatic heterocycles. The van der Waals surface area contributed by atoms with Crippen LogP contribution in [0.25, 0.3) is 4.85 Å². The number of ketones is 1. The van der Waals surface area contributed by atoms with Gasteiger partial charge in [0.2, 0.25) is 5.78 Å². The number of carbonyl (C=O) groups is 2. The molecule has 1 aliphatic rings. The Labute approximate surface area is 154 Å². The number of amides is 1. The average molecular weight is 358 g/mol. The van der Waals surface area contributed by atoms with Crippen molar-refractivity contribution in [3.05, 3.63) is 40.7 Å². The number of hydrogen-bond donors (Lipinski definition) is 0. The molecular formula is C20H26N2O4. The Bertz CT molecular complexity index is 708. The number of rotatable bonds is 4. The molecule has 140 valence electrons. The Morgan fingerprint density at radius 3 is 2.46 bits per heavy atom. The van der Waals surface area contributed by atoms with Crippen LogP contribution in [0.15, 0.2) is 18.2 Å². The molecule has 2 rings (SSSR count). The molecule has 0 unspecified atom stereocenters. The smallest absolute Gasteiger partial charge is 0.410 e. The number of Topliss-reactive ketones (excluding diaryl/α,β-unsaturated/α-hetero) is 1. The van der Waals surface area contributed by atoms with E-state index in [-0.39, 0.29) is 18.4 Å². The van der Waals surface area contributed by atoms with Gasteiger partial charge in [-0.1, -0.05) is 6.07 Å². The molecule has 26 heavy (non-hydrogen) atoms. The zero-order valence-electron chi connectivity index (χ0n) is 15.9. The van der Waals surface area contributed by atoms with Gasteiger partial charge in [-0.25, -0.2) is 11.4 Å². The van der Waals surface area contributed by atoms with Gasteiger partial charge < -0.3 is 19.2 Å². The molecule has 1 heterocycles. The molecule has 1 fully saturated rings. The van der Waals surface area contributed by atoms with Crippen molar-refractivity contribution in [2.45, 2.75) is 45.1 Å². The minimum Gasteiger partial charge on any atom is -0.496 e. The highest BCUT2D eigenvalue weighted by atomic mass is 16.6. The zero-order valence-corrected chi connectivity index (χ0v) is 15.9. The van der Waals surface area contributed by atoms with Crippen molar-refractivity contribution in [3.63, 3.8) is 0 Å². The predicted molar refractivity (Wildman–Crippen MR) is 98.6 cm³/mol. The van der Waals surface area contributed by atoms with Crippen molar-refractivity contribution in [3.8, 4) is 5.75 Å². The Hall–Kier alpha value is -2.55. The van der Waals surface area contributed by atoms with Crippen LogP contribution >= 0.6 is 0 Å². The fourth-order valence-electron chi connectivity index (χ4n) is 3.07. The maximum absolute atomic E-state index is 12.2. The van der Waals surface area contributed by atoms with Gasteiger partial charge in [0.15, 0.2) is 0 Å². The number of carbonyl (C=O) groups excluding carboxylic acids is 2. The molecule has 6 nitrogen and oxygen atoms in total. The Morgan fingerprint density at radius 2 is 1.92 bits per heavy atom. The Morgan fingerprint density at radius 1 is 1.27 bits per heavy atom. The summed E-state index contributed by atoms with van der Waals surface area (Å²) < 4.78 is 10.8. The highest BCUT2D eigenvalue weighted by Crippen LogP contribution is 2.32. The molecule has 0 bridgehead atoms. The van der Waals surface area contributed by atoms with E-state index in [1.54, 1.807) is 11.0 Å². The number of likely N-dealkylation sites (tertiary alicyclic amines) is 1. The van der Waals surface area contributed by atoms with E-state index in [4.69, 9.17) is 16.0 Å². The van der Waals surface area contributed by atoms with E-state index in [1.807, 2.05) is 32.9 Å². The van der Waals surface area contributed by atoms with Crippen LogP contribution in [0.3, 0.4) is 0 Å². The zero-order chi connectivity index (χ0) is 19.3. The summed E-state index contributed by atoms with van der Waals surface area (Å²) in [6, 6.07) is 5.54. The second-order valence-corrected chi connectivity index (χ2v) is 7.44. The third kappa shape index (κ3) is 4.98. The van der Waals surface area contributed by atoms with Crippen LogP contribution in [-0.4, -0.2) is 49.1 Å². The van der Waals surface area contributed by atoms with E-state index in [0.29, 0.717) is 30.3 Å². The lowest BCUT2D eigenvalue weighted by Crippen LogP contribution is -2.41. The standard InChI is InChI=1S/C20H26N2O4/c1-20(2,3)26-19(24)22-10-8-14(9-11-22)15-6-7-16(17(23)13-21-4)18(12-15)25-5/h6-7,12,14H,8-11,13H2,1-3,5H3. The maximum atomic E-state index is 12.2. The second-order valence-electron chi connectivity index (χ2n) is 7.44. The molecule has 0 saturated carbocycles. The lowest BCUT2D eigenvalue weighted by molar-refractivity contribution is 0.0204. The minimum absolute atomic E-state index is 0.177. The molecule has 1 saturated heterocycles. The summed E-state index contributed by atoms with van der Waals surface area (Å²) in [5.74, 6) is 0.571. The van der Waals surface area contributed by atoms with E-state index in [9.17, 15) is 9.59 Å². The van der Waals surface area contributed by atoms with Crippen molar-refractivity contribution >= 4 is 11.9 Å². The van der Waals surface area contributed by atoms with Gasteiger partial charge in [0.1, 0.15) is 11.4 Å². The molecule has 0 aromatic heterocycles. The summed E-state index contributed by atoms with van der Waals surface area (Å²) >= 11 is 0. The van der Waals surface area contributed by atoms with Crippen LogP contribution < -0.4 is 4.74 Å². The third-order valence-electron chi connectivity index (χ3n) is 4.37. The molecule has 6 heteroatoms. The van der Waals surface area contributed by atoms with Crippen molar-refractivity contribution in [1.29, 1.82) is 0 Å². The summed E-state index contributed by atoms with van der Waals surface area (Å²) in [7, 11) is 1.53. The summed E-state index contributed by atoms with van der Waals surface area (Å²) in [4.78, 5) is 29.0. The maximum Gasteiger partial charge on any atom is 0.410 e. The number of ether oxygens (including phenoxy) is 2. The highest BCUT2D eigenvalue weighted by molar-refractivity contribution is 6.01.